The number of ether oxygens (including phenoxy) is 1. The van der Waals surface area contributed by atoms with Gasteiger partial charge in [-0.2, -0.15) is 0 Å². The minimum atomic E-state index is -0.0177. The van der Waals surface area contributed by atoms with Crippen LogP contribution in [0, 0.1) is 6.92 Å². The number of carbonyl (C=O) groups excluding carboxylic acids is 1. The molecule has 1 aromatic carbocycles. The summed E-state index contributed by atoms with van der Waals surface area (Å²) in [4.78, 5) is 21.8. The van der Waals surface area contributed by atoms with Crippen molar-refractivity contribution in [3.05, 3.63) is 30.1 Å². The van der Waals surface area contributed by atoms with Gasteiger partial charge in [0.05, 0.1) is 6.04 Å². The lowest BCUT2D eigenvalue weighted by molar-refractivity contribution is -0.129. The third-order valence-electron chi connectivity index (χ3n) is 4.39. The molecule has 2 atom stereocenters. The Hall–Kier alpha value is -2.67. The average Bonchev–Trinajstić information content (AvgIpc) is 3.12. The average molecular weight is 326 g/mol. The Kier molecular flexibility index (Phi) is 3.57. The van der Waals surface area contributed by atoms with Gasteiger partial charge in [-0.05, 0) is 25.5 Å². The van der Waals surface area contributed by atoms with Gasteiger partial charge < -0.3 is 19.8 Å². The van der Waals surface area contributed by atoms with Crippen molar-refractivity contribution < 1.29 is 13.9 Å². The first kappa shape index (κ1) is 14.9. The van der Waals surface area contributed by atoms with Crippen LogP contribution in [0.1, 0.15) is 12.2 Å². The molecule has 0 spiro atoms. The Morgan fingerprint density at radius 1 is 1.42 bits per heavy atom. The quantitative estimate of drug-likeness (QED) is 0.730. The van der Waals surface area contributed by atoms with Crippen LogP contribution in [0.25, 0.3) is 22.1 Å². The molecule has 1 aliphatic rings. The van der Waals surface area contributed by atoms with E-state index < -0.39 is 0 Å². The van der Waals surface area contributed by atoms with Crippen molar-refractivity contribution in [3.63, 3.8) is 0 Å². The maximum atomic E-state index is 10.6. The number of hydrogen-bond donors (Lipinski definition) is 1. The second kappa shape index (κ2) is 5.76. The lowest BCUT2D eigenvalue weighted by Crippen LogP contribution is -2.34. The number of fused-ring (bicyclic) bond motifs is 3. The van der Waals surface area contributed by atoms with Gasteiger partial charge in [-0.3, -0.25) is 4.79 Å². The number of anilines is 1. The fourth-order valence-corrected chi connectivity index (χ4v) is 3.40. The highest BCUT2D eigenvalue weighted by Gasteiger charge is 2.34. The zero-order valence-electron chi connectivity index (χ0n) is 13.3. The highest BCUT2D eigenvalue weighted by atomic mass is 16.5. The Balaban J connectivity index is 1.87. The minimum absolute atomic E-state index is 0.0000446. The van der Waals surface area contributed by atoms with Crippen molar-refractivity contribution in [2.75, 3.05) is 18.1 Å². The first-order chi connectivity index (χ1) is 11.7. The van der Waals surface area contributed by atoms with Gasteiger partial charge in [-0.25, -0.2) is 9.97 Å². The van der Waals surface area contributed by atoms with Crippen molar-refractivity contribution in [1.82, 2.24) is 9.97 Å². The van der Waals surface area contributed by atoms with E-state index in [9.17, 15) is 4.79 Å². The Labute approximate surface area is 138 Å². The lowest BCUT2D eigenvalue weighted by Gasteiger charge is -2.24. The van der Waals surface area contributed by atoms with Gasteiger partial charge >= 0.3 is 0 Å². The number of carbonyl (C=O) groups is 1. The molecular formula is C17H18N4O3. The molecule has 2 N–H and O–H groups in total. The molecule has 4 rings (SSSR count). The molecule has 124 valence electrons. The summed E-state index contributed by atoms with van der Waals surface area (Å²) in [5.74, 6) is 1.38. The van der Waals surface area contributed by atoms with Crippen molar-refractivity contribution >= 4 is 34.4 Å². The van der Waals surface area contributed by atoms with Gasteiger partial charge in [0.15, 0.2) is 11.4 Å². The first-order valence-electron chi connectivity index (χ1n) is 7.90. The molecule has 1 fully saturated rings. The van der Waals surface area contributed by atoms with E-state index in [0.29, 0.717) is 30.2 Å². The molecule has 0 bridgehead atoms. The van der Waals surface area contributed by atoms with Gasteiger partial charge in [-0.15, -0.1) is 0 Å². The molecule has 1 aliphatic heterocycles. The number of hydrogen-bond acceptors (Lipinski definition) is 7. The number of aryl methyl sites for hydroxylation is 1. The largest absolute Gasteiger partial charge is 0.466 e. The Bertz CT molecular complexity index is 907. The molecule has 24 heavy (non-hydrogen) atoms. The van der Waals surface area contributed by atoms with E-state index in [-0.39, 0.29) is 18.7 Å². The molecule has 1 saturated heterocycles. The molecule has 7 heteroatoms. The molecule has 3 heterocycles. The van der Waals surface area contributed by atoms with Crippen LogP contribution in [-0.2, 0) is 9.53 Å². The lowest BCUT2D eigenvalue weighted by atomic mass is 10.2. The van der Waals surface area contributed by atoms with E-state index in [2.05, 4.69) is 14.9 Å². The van der Waals surface area contributed by atoms with E-state index in [1.54, 1.807) is 0 Å². The van der Waals surface area contributed by atoms with Crippen LogP contribution in [0.15, 0.2) is 28.7 Å². The summed E-state index contributed by atoms with van der Waals surface area (Å²) in [5, 5.41) is 0.962. The summed E-state index contributed by atoms with van der Waals surface area (Å²) < 4.78 is 11.0. The predicted octanol–water partition coefficient (Wildman–Crippen LogP) is 1.76. The standard InChI is InChI=1S/C17H18N4O3/c1-10-19-15-13-4-2-3-5-14(13)24-16(15)17(20-10)21-7-11(18)6-12(21)8-23-9-22/h2-5,9,11-12H,6-8,18H2,1H3/t11-,12-/m0/s1. The molecule has 0 saturated carbocycles. The monoisotopic (exact) mass is 326 g/mol. The van der Waals surface area contributed by atoms with Gasteiger partial charge in [0.25, 0.3) is 6.47 Å². The van der Waals surface area contributed by atoms with E-state index in [1.807, 2.05) is 31.2 Å². The summed E-state index contributed by atoms with van der Waals surface area (Å²) >= 11 is 0. The van der Waals surface area contributed by atoms with Crippen molar-refractivity contribution in [1.29, 1.82) is 0 Å². The third kappa shape index (κ3) is 2.37. The van der Waals surface area contributed by atoms with Crippen LogP contribution < -0.4 is 10.6 Å². The number of nitrogens with two attached hydrogens (primary N) is 1. The van der Waals surface area contributed by atoms with Crippen LogP contribution in [-0.4, -0.2) is 41.7 Å². The second-order valence-corrected chi connectivity index (χ2v) is 6.10. The van der Waals surface area contributed by atoms with Crippen LogP contribution in [0.3, 0.4) is 0 Å². The van der Waals surface area contributed by atoms with E-state index in [1.165, 1.54) is 0 Å². The van der Waals surface area contributed by atoms with Crippen LogP contribution in [0.5, 0.6) is 0 Å². The maximum Gasteiger partial charge on any atom is 0.293 e. The smallest absolute Gasteiger partial charge is 0.293 e. The van der Waals surface area contributed by atoms with Crippen LogP contribution in [0.4, 0.5) is 5.82 Å². The number of nitrogens with zero attached hydrogens (tertiary/aromatic N) is 3. The summed E-state index contributed by atoms with van der Waals surface area (Å²) in [6.45, 7) is 3.24. The molecule has 0 radical (unpaired) electrons. The minimum Gasteiger partial charge on any atom is -0.466 e. The Morgan fingerprint density at radius 3 is 3.08 bits per heavy atom. The zero-order valence-corrected chi connectivity index (χ0v) is 13.3. The van der Waals surface area contributed by atoms with Crippen molar-refractivity contribution in [3.8, 4) is 0 Å². The van der Waals surface area contributed by atoms with Gasteiger partial charge in [-0.1, -0.05) is 12.1 Å². The maximum absolute atomic E-state index is 10.6. The molecule has 2 aromatic heterocycles. The zero-order chi connectivity index (χ0) is 16.7. The number of aromatic nitrogens is 2. The summed E-state index contributed by atoms with van der Waals surface area (Å²) in [5.41, 5.74) is 8.34. The fraction of sp³-hybridized carbons (Fsp3) is 0.353. The van der Waals surface area contributed by atoms with E-state index in [4.69, 9.17) is 14.9 Å². The molecule has 7 nitrogen and oxygen atoms in total. The highest BCUT2D eigenvalue weighted by molar-refractivity contribution is 6.05. The van der Waals surface area contributed by atoms with Crippen LogP contribution in [0.2, 0.25) is 0 Å². The molecule has 0 unspecified atom stereocenters. The molecule has 3 aromatic rings. The van der Waals surface area contributed by atoms with Gasteiger partial charge in [0.1, 0.15) is 23.5 Å². The summed E-state index contributed by atoms with van der Waals surface area (Å²) in [7, 11) is 0. The van der Waals surface area contributed by atoms with Crippen molar-refractivity contribution in [2.24, 2.45) is 5.73 Å². The second-order valence-electron chi connectivity index (χ2n) is 6.10. The topological polar surface area (TPSA) is 94.5 Å². The summed E-state index contributed by atoms with van der Waals surface area (Å²) in [6, 6.07) is 7.77. The summed E-state index contributed by atoms with van der Waals surface area (Å²) in [6.07, 6.45) is 0.735. The van der Waals surface area contributed by atoms with Gasteiger partial charge in [0.2, 0.25) is 0 Å². The fourth-order valence-electron chi connectivity index (χ4n) is 3.40. The SMILES string of the molecule is Cc1nc(N2C[C@@H](N)C[C@H]2COC=O)c2oc3ccccc3c2n1. The number of furan rings is 1. The predicted molar refractivity (Wildman–Crippen MR) is 89.8 cm³/mol. The Morgan fingerprint density at radius 2 is 2.25 bits per heavy atom. The molecular weight excluding hydrogens is 308 g/mol. The van der Waals surface area contributed by atoms with Crippen LogP contribution >= 0.6 is 0 Å². The van der Waals surface area contributed by atoms with Crippen molar-refractivity contribution in [2.45, 2.75) is 25.4 Å². The van der Waals surface area contributed by atoms with E-state index in [0.717, 1.165) is 22.9 Å². The normalized spacial score (nSPS) is 20.8. The number of benzene rings is 1. The van der Waals surface area contributed by atoms with Gasteiger partial charge in [0, 0.05) is 18.0 Å². The number of rotatable bonds is 4. The first-order valence-corrected chi connectivity index (χ1v) is 7.90. The third-order valence-corrected chi connectivity index (χ3v) is 4.39. The molecule has 0 amide bonds. The molecule has 0 aliphatic carbocycles. The number of para-hydroxylation sites is 1. The highest BCUT2D eigenvalue weighted by Crippen LogP contribution is 2.35. The van der Waals surface area contributed by atoms with E-state index >= 15 is 0 Å².